The average Bonchev–Trinajstić information content (AvgIpc) is 3.46. The zero-order valence-corrected chi connectivity index (χ0v) is 33.0. The molecule has 50 heavy (non-hydrogen) atoms. The molecule has 0 aliphatic rings. The number of methoxy groups -OCH3 is 1. The standard InChI is InChI=1S/C35H45F2N5O6S.K/c1-35(2,3)32(28-16-23(25-17-24(36)10-11-26(25)37)20-41(28)19-22-8-6-5-7-9-22)42(30(44)21-43)15-12-27(38)33(46)39-13-14-40-34(47)29(49)18-31(45)48-4;/h5-11,16-17,20,27,29,32,43,49H,12-15,18-19,21,38H2,1-4H3,(H,39,46)(H,40,47);/q;+1/p-1. The van der Waals surface area contributed by atoms with E-state index < -0.39 is 64.7 Å². The SMILES string of the molecule is COC(=O)CC([S-])C(=O)NCCNC(=O)C(N)CCN(C(=O)CO)C(c1cc(-c2cc(F)ccc2F)cn1Cc1ccccc1)C(C)(C)C.[K+]. The van der Waals surface area contributed by atoms with Crippen LogP contribution >= 0.6 is 0 Å². The van der Waals surface area contributed by atoms with Gasteiger partial charge in [0, 0.05) is 55.6 Å². The Labute approximate surface area is 339 Å². The summed E-state index contributed by atoms with van der Waals surface area (Å²) in [7, 11) is 1.19. The Balaban J connectivity index is 0.00000867. The number of rotatable bonds is 16. The van der Waals surface area contributed by atoms with E-state index >= 15 is 0 Å². The quantitative estimate of drug-likeness (QED) is 0.0683. The maximum Gasteiger partial charge on any atom is 1.00 e. The normalized spacial score (nSPS) is 13.0. The number of carbonyl (C=O) groups excluding carboxylic acids is 4. The summed E-state index contributed by atoms with van der Waals surface area (Å²) in [4.78, 5) is 51.1. The Hall–Kier alpha value is -2.63. The number of hydrogen-bond acceptors (Lipinski definition) is 8. The molecule has 15 heteroatoms. The van der Waals surface area contributed by atoms with E-state index in [0.29, 0.717) is 17.8 Å². The molecule has 1 aromatic heterocycles. The second-order valence-corrected chi connectivity index (χ2v) is 13.2. The van der Waals surface area contributed by atoms with Gasteiger partial charge in [-0.1, -0.05) is 56.4 Å². The predicted molar refractivity (Wildman–Crippen MR) is 183 cm³/mol. The summed E-state index contributed by atoms with van der Waals surface area (Å²) in [6.45, 7) is 5.35. The van der Waals surface area contributed by atoms with Gasteiger partial charge in [0.05, 0.1) is 19.2 Å². The van der Waals surface area contributed by atoms with Crippen LogP contribution in [0.4, 0.5) is 8.78 Å². The minimum atomic E-state index is -1.05. The van der Waals surface area contributed by atoms with Gasteiger partial charge in [0.15, 0.2) is 5.91 Å². The molecule has 0 saturated heterocycles. The number of hydrogen-bond donors (Lipinski definition) is 4. The molecule has 0 radical (unpaired) electrons. The largest absolute Gasteiger partial charge is 1.00 e. The van der Waals surface area contributed by atoms with Crippen molar-refractivity contribution in [1.29, 1.82) is 0 Å². The van der Waals surface area contributed by atoms with Crippen LogP contribution in [-0.2, 0) is 43.1 Å². The van der Waals surface area contributed by atoms with Crippen LogP contribution in [0.25, 0.3) is 11.1 Å². The van der Waals surface area contributed by atoms with Crippen LogP contribution in [0.3, 0.4) is 0 Å². The van der Waals surface area contributed by atoms with Crippen LogP contribution in [-0.4, -0.2) is 82.9 Å². The third-order valence-electron chi connectivity index (χ3n) is 7.85. The number of nitrogens with one attached hydrogen (secondary N) is 2. The second kappa shape index (κ2) is 20.4. The van der Waals surface area contributed by atoms with Crippen molar-refractivity contribution in [2.75, 3.05) is 33.4 Å². The molecule has 3 atom stereocenters. The van der Waals surface area contributed by atoms with E-state index in [0.717, 1.165) is 23.8 Å². The fourth-order valence-electron chi connectivity index (χ4n) is 5.45. The minimum absolute atomic E-state index is 0. The van der Waals surface area contributed by atoms with Gasteiger partial charge in [-0.25, -0.2) is 8.78 Å². The first-order chi connectivity index (χ1) is 23.2. The molecule has 3 amide bonds. The Morgan fingerprint density at radius 1 is 1.02 bits per heavy atom. The predicted octanol–water partition coefficient (Wildman–Crippen LogP) is -0.178. The van der Waals surface area contributed by atoms with Gasteiger partial charge < -0.3 is 48.3 Å². The molecular formula is C35H44F2KN5O6S. The topological polar surface area (TPSA) is 156 Å². The van der Waals surface area contributed by atoms with Crippen molar-refractivity contribution in [3.63, 3.8) is 0 Å². The molecule has 266 valence electrons. The van der Waals surface area contributed by atoms with Gasteiger partial charge in [0.1, 0.15) is 18.2 Å². The Bertz CT molecular complexity index is 1600. The van der Waals surface area contributed by atoms with E-state index in [2.05, 4.69) is 15.4 Å². The molecule has 0 saturated carbocycles. The molecule has 5 N–H and O–H groups in total. The van der Waals surface area contributed by atoms with Crippen molar-refractivity contribution in [2.24, 2.45) is 11.1 Å². The molecular weight excluding hydrogens is 696 g/mol. The van der Waals surface area contributed by atoms with Gasteiger partial charge in [-0.05, 0) is 41.7 Å². The van der Waals surface area contributed by atoms with E-state index in [1.807, 2.05) is 55.7 Å². The molecule has 0 bridgehead atoms. The first-order valence-corrected chi connectivity index (χ1v) is 16.3. The van der Waals surface area contributed by atoms with Gasteiger partial charge in [0.2, 0.25) is 11.8 Å². The molecule has 2 aromatic carbocycles. The number of nitrogens with zero attached hydrogens (tertiary/aromatic N) is 2. The molecule has 0 aliphatic carbocycles. The molecule has 3 unspecified atom stereocenters. The smallest absolute Gasteiger partial charge is 0.779 e. The summed E-state index contributed by atoms with van der Waals surface area (Å²) < 4.78 is 35.6. The number of carbonyl (C=O) groups is 4. The number of aliphatic hydroxyl groups is 1. The molecule has 0 spiro atoms. The number of halogens is 2. The van der Waals surface area contributed by atoms with Crippen LogP contribution in [0.1, 0.15) is 50.9 Å². The average molecular weight is 740 g/mol. The van der Waals surface area contributed by atoms with Crippen LogP contribution in [0, 0.1) is 17.0 Å². The van der Waals surface area contributed by atoms with Gasteiger partial charge >= 0.3 is 57.4 Å². The van der Waals surface area contributed by atoms with Crippen molar-refractivity contribution in [3.8, 4) is 11.1 Å². The van der Waals surface area contributed by atoms with Crippen molar-refractivity contribution in [3.05, 3.63) is 83.7 Å². The molecule has 3 aromatic rings. The number of aromatic nitrogens is 1. The maximum absolute atomic E-state index is 15.0. The van der Waals surface area contributed by atoms with Crippen molar-refractivity contribution >= 4 is 36.3 Å². The zero-order chi connectivity index (χ0) is 36.3. The first-order valence-electron chi connectivity index (χ1n) is 15.8. The van der Waals surface area contributed by atoms with Gasteiger partial charge in [-0.2, -0.15) is 0 Å². The molecule has 11 nitrogen and oxygen atoms in total. The number of esters is 1. The molecule has 0 fully saturated rings. The fraction of sp³-hybridized carbons (Fsp3) is 0.429. The molecule has 1 heterocycles. The molecule has 3 rings (SSSR count). The second-order valence-electron chi connectivity index (χ2n) is 12.7. The number of aliphatic hydroxyl groups excluding tert-OH is 1. The van der Waals surface area contributed by atoms with E-state index in [1.54, 1.807) is 12.3 Å². The van der Waals surface area contributed by atoms with Crippen LogP contribution in [0.5, 0.6) is 0 Å². The Morgan fingerprint density at radius 3 is 2.26 bits per heavy atom. The Morgan fingerprint density at radius 2 is 1.66 bits per heavy atom. The van der Waals surface area contributed by atoms with Crippen LogP contribution in [0.2, 0.25) is 0 Å². The third kappa shape index (κ3) is 12.5. The van der Waals surface area contributed by atoms with Crippen molar-refractivity contribution in [1.82, 2.24) is 20.1 Å². The van der Waals surface area contributed by atoms with Crippen molar-refractivity contribution < 1.29 is 89.2 Å². The minimum Gasteiger partial charge on any atom is -0.779 e. The summed E-state index contributed by atoms with van der Waals surface area (Å²) in [6, 6.07) is 12.7. The number of amides is 3. The van der Waals surface area contributed by atoms with E-state index in [-0.39, 0.29) is 89.4 Å². The number of benzene rings is 2. The molecule has 0 aliphatic heterocycles. The zero-order valence-electron chi connectivity index (χ0n) is 29.1. The van der Waals surface area contributed by atoms with Gasteiger partial charge in [-0.3, -0.25) is 19.2 Å². The van der Waals surface area contributed by atoms with Crippen molar-refractivity contribution in [2.45, 2.75) is 57.5 Å². The monoisotopic (exact) mass is 739 g/mol. The third-order valence-corrected chi connectivity index (χ3v) is 8.23. The summed E-state index contributed by atoms with van der Waals surface area (Å²) in [5.41, 5.74) is 7.57. The summed E-state index contributed by atoms with van der Waals surface area (Å²) in [5.74, 6) is -3.50. The summed E-state index contributed by atoms with van der Waals surface area (Å²) >= 11 is 4.99. The van der Waals surface area contributed by atoms with Crippen LogP contribution < -0.4 is 67.8 Å². The Kier molecular flexibility index (Phi) is 17.8. The summed E-state index contributed by atoms with van der Waals surface area (Å²) in [6.07, 6.45) is 1.48. The van der Waals surface area contributed by atoms with Crippen LogP contribution in [0.15, 0.2) is 60.8 Å². The van der Waals surface area contributed by atoms with E-state index in [9.17, 15) is 33.1 Å². The van der Waals surface area contributed by atoms with Gasteiger partial charge in [0.25, 0.3) is 0 Å². The first kappa shape index (κ1) is 43.5. The van der Waals surface area contributed by atoms with E-state index in [1.165, 1.54) is 12.0 Å². The fourth-order valence-corrected chi connectivity index (χ4v) is 5.67. The maximum atomic E-state index is 15.0. The number of ether oxygens (including phenoxy) is 1. The van der Waals surface area contributed by atoms with E-state index in [4.69, 9.17) is 18.4 Å². The number of nitrogens with two attached hydrogens (primary N) is 1. The summed E-state index contributed by atoms with van der Waals surface area (Å²) in [5, 5.41) is 14.2. The van der Waals surface area contributed by atoms with Gasteiger partial charge in [-0.15, -0.1) is 0 Å².